The van der Waals surface area contributed by atoms with Gasteiger partial charge in [0.15, 0.2) is 0 Å². The number of aryl methyl sites for hydroxylation is 2. The Labute approximate surface area is 290 Å². The lowest BCUT2D eigenvalue weighted by molar-refractivity contribution is -0.0647. The van der Waals surface area contributed by atoms with Gasteiger partial charge in [-0.3, -0.25) is 0 Å². The van der Waals surface area contributed by atoms with Gasteiger partial charge < -0.3 is 47.8 Å². The summed E-state index contributed by atoms with van der Waals surface area (Å²) in [5.74, 6) is 9.64. The Morgan fingerprint density at radius 2 is 0.939 bits per heavy atom. The van der Waals surface area contributed by atoms with Gasteiger partial charge in [-0.15, -0.1) is 12.8 Å². The molecule has 9 nitrogen and oxygen atoms in total. The number of benzene rings is 2. The lowest BCUT2D eigenvalue weighted by atomic mass is 9.53. The van der Waals surface area contributed by atoms with Gasteiger partial charge in [-0.1, -0.05) is 37.8 Å². The zero-order chi connectivity index (χ0) is 31.1. The second kappa shape index (κ2) is 14.6. The van der Waals surface area contributed by atoms with Gasteiger partial charge in [0.2, 0.25) is 0 Å². The third kappa shape index (κ3) is 6.04. The lowest BCUT2D eigenvalue weighted by Crippen LogP contribution is -2.50. The van der Waals surface area contributed by atoms with E-state index in [-0.39, 0.29) is 38.2 Å². The average molecular weight is 683 g/mol. The maximum absolute atomic E-state index is 10.9. The Bertz CT molecular complexity index is 1450. The van der Waals surface area contributed by atoms with Crippen LogP contribution in [-0.2, 0) is 12.8 Å². The van der Waals surface area contributed by atoms with Crippen molar-refractivity contribution in [3.05, 3.63) is 58.7 Å². The summed E-state index contributed by atoms with van der Waals surface area (Å²) in [6, 6.07) is 11.7. The van der Waals surface area contributed by atoms with Crippen LogP contribution in [0.4, 0.5) is 0 Å². The molecule has 6 aliphatic carbocycles. The third-order valence-corrected chi connectivity index (χ3v) is 14.2. The van der Waals surface area contributed by atoms with Gasteiger partial charge >= 0.3 is 0 Å². The number of hydrogen-bond donors (Lipinski definition) is 4. The average Bonchev–Trinajstić information content (AvgIpc) is 3.46. The number of hydrogen-bond acceptors (Lipinski definition) is 4. The minimum absolute atomic E-state index is 0. The van der Waals surface area contributed by atoms with Gasteiger partial charge in [0.05, 0.1) is 0 Å². The van der Waals surface area contributed by atoms with Crippen LogP contribution in [0.3, 0.4) is 0 Å². The van der Waals surface area contributed by atoms with Crippen LogP contribution in [0.15, 0.2) is 36.4 Å². The third-order valence-electron chi connectivity index (χ3n) is 14.2. The van der Waals surface area contributed by atoms with Crippen molar-refractivity contribution >= 4 is 0 Å². The fraction of sp³-hybridized carbons (Fsp3) is 0.600. The van der Waals surface area contributed by atoms with Crippen molar-refractivity contribution in [3.8, 4) is 36.2 Å². The van der Waals surface area contributed by atoms with Crippen molar-refractivity contribution in [2.24, 2.45) is 34.5 Å². The molecule has 0 aliphatic heterocycles. The molecule has 8 rings (SSSR count). The first kappa shape index (κ1) is 42.0. The van der Waals surface area contributed by atoms with Crippen LogP contribution in [0.2, 0.25) is 0 Å². The van der Waals surface area contributed by atoms with E-state index in [1.165, 1.54) is 22.3 Å². The molecule has 272 valence electrons. The number of phenolic OH excluding ortho intramolecular Hbond substituents is 2. The van der Waals surface area contributed by atoms with Gasteiger partial charge in [-0.25, -0.2) is 0 Å². The van der Waals surface area contributed by atoms with Crippen molar-refractivity contribution in [2.75, 3.05) is 0 Å². The summed E-state index contributed by atoms with van der Waals surface area (Å²) in [6.07, 6.45) is 23.5. The second-order valence-corrected chi connectivity index (χ2v) is 15.6. The number of rotatable bonds is 0. The molecule has 2 aromatic carbocycles. The summed E-state index contributed by atoms with van der Waals surface area (Å²) < 4.78 is 0. The highest BCUT2D eigenvalue weighted by molar-refractivity contribution is 5.42. The molecular weight excluding hydrogens is 624 g/mol. The molecule has 0 heterocycles. The first-order valence-electron chi connectivity index (χ1n) is 17.0. The molecule has 0 unspecified atom stereocenters. The summed E-state index contributed by atoms with van der Waals surface area (Å²) in [5.41, 5.74) is 3.38. The van der Waals surface area contributed by atoms with Crippen molar-refractivity contribution in [1.82, 2.24) is 0 Å². The topological polar surface area (TPSA) is 238 Å². The fourth-order valence-corrected chi connectivity index (χ4v) is 11.6. The normalized spacial score (nSPS) is 38.5. The predicted octanol–water partition coefficient (Wildman–Crippen LogP) is 3.10. The molecule has 10 atom stereocenters. The SMILES string of the molecule is C#C[C@]1(O)CC[C@H]2[C@@H]3CCc4cc(O)ccc4[C@H]3CC[C@@]21C.C#C[C@]1(O)CC[C@H]2[C@@H]3CCc4cc(O)ccc4[C@H]3CC[C@@]21C.O.O.O.O.O. The Morgan fingerprint density at radius 3 is 1.29 bits per heavy atom. The van der Waals surface area contributed by atoms with Gasteiger partial charge in [-0.05, 0) is 159 Å². The number of aliphatic hydroxyl groups is 2. The maximum Gasteiger partial charge on any atom is 0.130 e. The summed E-state index contributed by atoms with van der Waals surface area (Å²) in [6.45, 7) is 4.43. The van der Waals surface area contributed by atoms with E-state index in [2.05, 4.69) is 37.8 Å². The largest absolute Gasteiger partial charge is 0.508 e. The lowest BCUT2D eigenvalue weighted by Gasteiger charge is -2.52. The van der Waals surface area contributed by atoms with E-state index >= 15 is 0 Å². The molecule has 4 saturated carbocycles. The quantitative estimate of drug-likeness (QED) is 0.306. The summed E-state index contributed by atoms with van der Waals surface area (Å²) in [4.78, 5) is 0. The standard InChI is InChI=1S/2C20H24O2.5H2O/c2*1-3-20(22)11-9-18-17-6-4-13-12-14(21)5-7-15(13)16(17)8-10-19(18,20)2;;;;;/h2*1,5,7,12,16-18,21-22H,4,6,8-11H2,2H3;5*1H2/t2*16-,17-,18+,19+,20+;;;;;/m11...../s1. The zero-order valence-electron chi connectivity index (χ0n) is 28.9. The number of fused-ring (bicyclic) bond motifs is 10. The number of terminal acetylenes is 2. The molecule has 0 radical (unpaired) electrons. The molecule has 2 aromatic rings. The Balaban J connectivity index is 0.000000309. The molecule has 0 amide bonds. The Hall–Kier alpha value is -3.12. The molecule has 4 fully saturated rings. The van der Waals surface area contributed by atoms with Crippen molar-refractivity contribution in [3.63, 3.8) is 0 Å². The van der Waals surface area contributed by atoms with E-state index in [0.717, 1.165) is 77.0 Å². The second-order valence-electron chi connectivity index (χ2n) is 15.6. The van der Waals surface area contributed by atoms with E-state index < -0.39 is 11.2 Å². The fourth-order valence-electron chi connectivity index (χ4n) is 11.6. The van der Waals surface area contributed by atoms with E-state index in [4.69, 9.17) is 12.8 Å². The van der Waals surface area contributed by atoms with Crippen molar-refractivity contribution < 1.29 is 47.8 Å². The molecule has 0 bridgehead atoms. The molecule has 14 N–H and O–H groups in total. The Morgan fingerprint density at radius 1 is 0.571 bits per heavy atom. The van der Waals surface area contributed by atoms with E-state index in [1.54, 1.807) is 0 Å². The van der Waals surface area contributed by atoms with Crippen LogP contribution in [0, 0.1) is 59.2 Å². The minimum atomic E-state index is -0.919. The van der Waals surface area contributed by atoms with Crippen LogP contribution in [0.1, 0.15) is 112 Å². The van der Waals surface area contributed by atoms with Gasteiger partial charge in [0.1, 0.15) is 22.7 Å². The molecule has 9 heteroatoms. The first-order valence-corrected chi connectivity index (χ1v) is 17.0. The van der Waals surface area contributed by atoms with Crippen LogP contribution < -0.4 is 0 Å². The van der Waals surface area contributed by atoms with Gasteiger partial charge in [-0.2, -0.15) is 0 Å². The van der Waals surface area contributed by atoms with Crippen molar-refractivity contribution in [1.29, 1.82) is 0 Å². The molecule has 0 saturated heterocycles. The molecule has 6 aliphatic rings. The Kier molecular flexibility index (Phi) is 12.5. The zero-order valence-corrected chi connectivity index (χ0v) is 28.9. The summed E-state index contributed by atoms with van der Waals surface area (Å²) >= 11 is 0. The summed E-state index contributed by atoms with van der Waals surface area (Å²) in [5, 5.41) is 41.3. The van der Waals surface area contributed by atoms with E-state index in [1.807, 2.05) is 24.3 Å². The van der Waals surface area contributed by atoms with Crippen LogP contribution in [-0.4, -0.2) is 59.0 Å². The first-order chi connectivity index (χ1) is 21.0. The smallest absolute Gasteiger partial charge is 0.130 e. The molecule has 0 aromatic heterocycles. The van der Waals surface area contributed by atoms with Crippen LogP contribution >= 0.6 is 0 Å². The molecule has 0 spiro atoms. The van der Waals surface area contributed by atoms with Gasteiger partial charge in [0, 0.05) is 10.8 Å². The van der Waals surface area contributed by atoms with Crippen LogP contribution in [0.25, 0.3) is 0 Å². The predicted molar refractivity (Wildman–Crippen MR) is 191 cm³/mol. The number of phenols is 2. The van der Waals surface area contributed by atoms with E-state index in [9.17, 15) is 20.4 Å². The highest BCUT2D eigenvalue weighted by Gasteiger charge is 2.62. The molecule has 49 heavy (non-hydrogen) atoms. The molecular formula is C40H58O9. The highest BCUT2D eigenvalue weighted by Crippen LogP contribution is 2.65. The summed E-state index contributed by atoms with van der Waals surface area (Å²) in [7, 11) is 0. The van der Waals surface area contributed by atoms with Crippen molar-refractivity contribution in [2.45, 2.75) is 114 Å². The number of aromatic hydroxyl groups is 2. The monoisotopic (exact) mass is 682 g/mol. The maximum atomic E-state index is 10.9. The van der Waals surface area contributed by atoms with E-state index in [0.29, 0.717) is 47.0 Å². The van der Waals surface area contributed by atoms with Crippen LogP contribution in [0.5, 0.6) is 11.5 Å². The minimum Gasteiger partial charge on any atom is -0.508 e. The van der Waals surface area contributed by atoms with Gasteiger partial charge in [0.25, 0.3) is 0 Å². The highest BCUT2D eigenvalue weighted by atomic mass is 16.3.